The van der Waals surface area contributed by atoms with Crippen LogP contribution in [0.5, 0.6) is 0 Å². The van der Waals surface area contributed by atoms with E-state index in [1.54, 1.807) is 0 Å². The largest absolute Gasteiger partial charge is 0.345 e. The average molecular weight is 382 g/mol. The maximum atomic E-state index is 12.4. The SMILES string of the molecule is CC(=O)[C@@H](Cc1ccccc1)NC(=O)CSc1nc(C)c(C)c(C)c1C#N. The van der Waals surface area contributed by atoms with Crippen LogP contribution in [-0.2, 0) is 16.0 Å². The quantitative estimate of drug-likeness (QED) is 0.744. The third-order valence-electron chi connectivity index (χ3n) is 4.52. The van der Waals surface area contributed by atoms with Crippen LogP contribution in [0, 0.1) is 32.1 Å². The number of pyridine rings is 1. The highest BCUT2D eigenvalue weighted by Crippen LogP contribution is 2.26. The van der Waals surface area contributed by atoms with E-state index < -0.39 is 6.04 Å². The van der Waals surface area contributed by atoms with E-state index in [-0.39, 0.29) is 17.4 Å². The topological polar surface area (TPSA) is 82.8 Å². The van der Waals surface area contributed by atoms with E-state index >= 15 is 0 Å². The van der Waals surface area contributed by atoms with E-state index in [1.807, 2.05) is 51.1 Å². The lowest BCUT2D eigenvalue weighted by Crippen LogP contribution is -2.42. The van der Waals surface area contributed by atoms with Gasteiger partial charge in [0, 0.05) is 5.69 Å². The highest BCUT2D eigenvalue weighted by atomic mass is 32.2. The number of nitriles is 1. The predicted octanol–water partition coefficient (Wildman–Crippen LogP) is 3.29. The number of nitrogens with zero attached hydrogens (tertiary/aromatic N) is 2. The van der Waals surface area contributed by atoms with Crippen molar-refractivity contribution in [3.8, 4) is 6.07 Å². The first-order chi connectivity index (χ1) is 12.8. The van der Waals surface area contributed by atoms with Gasteiger partial charge in [-0.1, -0.05) is 42.1 Å². The smallest absolute Gasteiger partial charge is 0.231 e. The summed E-state index contributed by atoms with van der Waals surface area (Å²) in [4.78, 5) is 28.7. The zero-order valence-electron chi connectivity index (χ0n) is 16.0. The number of hydrogen-bond acceptors (Lipinski definition) is 5. The first-order valence-electron chi connectivity index (χ1n) is 8.68. The molecule has 0 saturated heterocycles. The van der Waals surface area contributed by atoms with Crippen molar-refractivity contribution < 1.29 is 9.59 Å². The number of rotatable bonds is 7. The number of Topliss-reactive ketones (excluding diaryl/α,β-unsaturated/α-hetero) is 1. The second-order valence-corrected chi connectivity index (χ2v) is 7.41. The minimum Gasteiger partial charge on any atom is -0.345 e. The van der Waals surface area contributed by atoms with Gasteiger partial charge in [0.25, 0.3) is 0 Å². The molecule has 27 heavy (non-hydrogen) atoms. The minimum atomic E-state index is -0.564. The molecule has 0 aliphatic rings. The van der Waals surface area contributed by atoms with Gasteiger partial charge in [-0.05, 0) is 50.8 Å². The lowest BCUT2D eigenvalue weighted by atomic mass is 10.0. The van der Waals surface area contributed by atoms with E-state index in [1.165, 1.54) is 18.7 Å². The van der Waals surface area contributed by atoms with Crippen molar-refractivity contribution in [1.29, 1.82) is 5.26 Å². The Labute approximate surface area is 164 Å². The number of carbonyl (C=O) groups excluding carboxylic acids is 2. The van der Waals surface area contributed by atoms with Crippen LogP contribution in [0.15, 0.2) is 35.4 Å². The Kier molecular flexibility index (Phi) is 7.14. The molecule has 1 amide bonds. The molecule has 6 heteroatoms. The van der Waals surface area contributed by atoms with Crippen LogP contribution in [0.2, 0.25) is 0 Å². The van der Waals surface area contributed by atoms with Crippen molar-refractivity contribution >= 4 is 23.5 Å². The number of hydrogen-bond donors (Lipinski definition) is 1. The Morgan fingerprint density at radius 3 is 2.44 bits per heavy atom. The number of nitrogens with one attached hydrogen (secondary N) is 1. The Morgan fingerprint density at radius 2 is 1.85 bits per heavy atom. The molecule has 0 bridgehead atoms. The summed E-state index contributed by atoms with van der Waals surface area (Å²) in [6.45, 7) is 7.18. The number of amides is 1. The summed E-state index contributed by atoms with van der Waals surface area (Å²) in [6.07, 6.45) is 0.455. The number of carbonyl (C=O) groups is 2. The van der Waals surface area contributed by atoms with Crippen LogP contribution in [-0.4, -0.2) is 28.5 Å². The van der Waals surface area contributed by atoms with Gasteiger partial charge in [-0.3, -0.25) is 9.59 Å². The molecule has 5 nitrogen and oxygen atoms in total. The van der Waals surface area contributed by atoms with Crippen LogP contribution in [0.25, 0.3) is 0 Å². The highest BCUT2D eigenvalue weighted by molar-refractivity contribution is 8.00. The minimum absolute atomic E-state index is 0.0879. The number of aryl methyl sites for hydroxylation is 1. The first kappa shape index (κ1) is 20.7. The van der Waals surface area contributed by atoms with Gasteiger partial charge in [-0.25, -0.2) is 4.98 Å². The van der Waals surface area contributed by atoms with Crippen molar-refractivity contribution in [3.63, 3.8) is 0 Å². The lowest BCUT2D eigenvalue weighted by molar-refractivity contribution is -0.125. The molecule has 0 radical (unpaired) electrons. The number of ketones is 1. The van der Waals surface area contributed by atoms with Gasteiger partial charge in [0.1, 0.15) is 11.1 Å². The summed E-state index contributed by atoms with van der Waals surface area (Å²) in [7, 11) is 0. The van der Waals surface area contributed by atoms with Crippen molar-refractivity contribution in [2.24, 2.45) is 0 Å². The molecule has 0 fully saturated rings. The van der Waals surface area contributed by atoms with Crippen molar-refractivity contribution in [1.82, 2.24) is 10.3 Å². The van der Waals surface area contributed by atoms with Gasteiger partial charge in [-0.15, -0.1) is 0 Å². The molecule has 1 aromatic carbocycles. The summed E-state index contributed by atoms with van der Waals surface area (Å²) in [5.41, 5.74) is 4.21. The van der Waals surface area contributed by atoms with Crippen LogP contribution in [0.1, 0.15) is 34.9 Å². The Hall–Kier alpha value is -2.65. The van der Waals surface area contributed by atoms with Gasteiger partial charge in [0.15, 0.2) is 5.78 Å². The van der Waals surface area contributed by atoms with Crippen molar-refractivity contribution in [3.05, 3.63) is 58.3 Å². The first-order valence-corrected chi connectivity index (χ1v) is 9.66. The summed E-state index contributed by atoms with van der Waals surface area (Å²) < 4.78 is 0. The van der Waals surface area contributed by atoms with E-state index in [4.69, 9.17) is 0 Å². The van der Waals surface area contributed by atoms with Crippen LogP contribution < -0.4 is 5.32 Å². The zero-order chi connectivity index (χ0) is 20.0. The molecule has 1 N–H and O–H groups in total. The van der Waals surface area contributed by atoms with E-state index in [0.717, 1.165) is 22.4 Å². The van der Waals surface area contributed by atoms with E-state index in [0.29, 0.717) is 17.0 Å². The summed E-state index contributed by atoms with van der Waals surface area (Å²) in [5.74, 6) is -0.241. The number of benzene rings is 1. The number of aromatic nitrogens is 1. The summed E-state index contributed by atoms with van der Waals surface area (Å²) in [6, 6.07) is 11.2. The van der Waals surface area contributed by atoms with Crippen LogP contribution in [0.4, 0.5) is 0 Å². The second-order valence-electron chi connectivity index (χ2n) is 6.45. The van der Waals surface area contributed by atoms with Gasteiger partial charge >= 0.3 is 0 Å². The van der Waals surface area contributed by atoms with Gasteiger partial charge in [-0.2, -0.15) is 5.26 Å². The fraction of sp³-hybridized carbons (Fsp3) is 0.333. The molecule has 0 aliphatic carbocycles. The Balaban J connectivity index is 2.05. The molecule has 1 heterocycles. The maximum Gasteiger partial charge on any atom is 0.231 e. The highest BCUT2D eigenvalue weighted by Gasteiger charge is 2.19. The fourth-order valence-corrected chi connectivity index (χ4v) is 3.56. The third kappa shape index (κ3) is 5.41. The Morgan fingerprint density at radius 1 is 1.19 bits per heavy atom. The zero-order valence-corrected chi connectivity index (χ0v) is 16.8. The molecular formula is C21H23N3O2S. The molecule has 0 unspecified atom stereocenters. The summed E-state index contributed by atoms with van der Waals surface area (Å²) >= 11 is 1.22. The molecule has 0 saturated carbocycles. The Bertz CT molecular complexity index is 889. The molecule has 2 rings (SSSR count). The maximum absolute atomic E-state index is 12.4. The van der Waals surface area contributed by atoms with Crippen molar-refractivity contribution in [2.75, 3.05) is 5.75 Å². The molecule has 0 aliphatic heterocycles. The molecule has 2 aromatic rings. The second kappa shape index (κ2) is 9.33. The lowest BCUT2D eigenvalue weighted by Gasteiger charge is -2.16. The summed E-state index contributed by atoms with van der Waals surface area (Å²) in [5, 5.41) is 12.8. The van der Waals surface area contributed by atoms with Crippen LogP contribution in [0.3, 0.4) is 0 Å². The average Bonchev–Trinajstić information content (AvgIpc) is 2.64. The van der Waals surface area contributed by atoms with Gasteiger partial charge in [0.2, 0.25) is 5.91 Å². The molecular weight excluding hydrogens is 358 g/mol. The standard InChI is InChI=1S/C21H23N3O2S/c1-13-14(2)18(11-22)21(23-15(13)3)27-12-20(26)24-19(16(4)25)10-17-8-6-5-7-9-17/h5-9,19H,10,12H2,1-4H3,(H,24,26)/t19-/m1/s1. The normalized spacial score (nSPS) is 11.5. The fourth-order valence-electron chi connectivity index (χ4n) is 2.66. The third-order valence-corrected chi connectivity index (χ3v) is 5.50. The molecule has 0 spiro atoms. The van der Waals surface area contributed by atoms with Crippen molar-refractivity contribution in [2.45, 2.75) is 45.2 Å². The van der Waals surface area contributed by atoms with Gasteiger partial charge in [0.05, 0.1) is 17.4 Å². The molecule has 1 atom stereocenters. The van der Waals surface area contributed by atoms with E-state index in [2.05, 4.69) is 16.4 Å². The van der Waals surface area contributed by atoms with Gasteiger partial charge < -0.3 is 5.32 Å². The number of thioether (sulfide) groups is 1. The van der Waals surface area contributed by atoms with Crippen LogP contribution >= 0.6 is 11.8 Å². The van der Waals surface area contributed by atoms with E-state index in [9.17, 15) is 14.9 Å². The monoisotopic (exact) mass is 381 g/mol. The molecule has 140 valence electrons. The molecule has 1 aromatic heterocycles. The predicted molar refractivity (Wildman–Crippen MR) is 107 cm³/mol.